The second kappa shape index (κ2) is 7.01. The number of hydrogen-bond acceptors (Lipinski definition) is 3. The molecule has 0 aromatic heterocycles. The number of carbonyl (C=O) groups excluding carboxylic acids is 1. The first-order valence-electron chi connectivity index (χ1n) is 4.47. The maximum absolute atomic E-state index is 11.1. The van der Waals surface area contributed by atoms with E-state index in [-0.39, 0.29) is 5.91 Å². The molecule has 3 nitrogen and oxygen atoms in total. The molecule has 1 aromatic carbocycles. The van der Waals surface area contributed by atoms with E-state index in [9.17, 15) is 4.79 Å². The Morgan fingerprint density at radius 3 is 2.88 bits per heavy atom. The topological polar surface area (TPSA) is 38.3 Å². The summed E-state index contributed by atoms with van der Waals surface area (Å²) >= 11 is 13.2. The summed E-state index contributed by atoms with van der Waals surface area (Å²) in [5.74, 6) is 0.817. The largest absolute Gasteiger partial charge is 0.277 e. The number of carbonyl (C=O) groups is 1. The predicted molar refractivity (Wildman–Crippen MR) is 67.8 cm³/mol. The van der Waals surface area contributed by atoms with Gasteiger partial charge in [-0.05, 0) is 17.7 Å². The summed E-state index contributed by atoms with van der Waals surface area (Å²) in [5.41, 5.74) is 3.20. The zero-order valence-electron chi connectivity index (χ0n) is 8.63. The van der Waals surface area contributed by atoms with Crippen LogP contribution in [0, 0.1) is 0 Å². The van der Waals surface area contributed by atoms with E-state index in [0.717, 1.165) is 5.56 Å². The second-order valence-electron chi connectivity index (χ2n) is 2.96. The molecule has 16 heavy (non-hydrogen) atoms. The summed E-state index contributed by atoms with van der Waals surface area (Å²) in [6.07, 6.45) is 0. The van der Waals surface area contributed by atoms with E-state index in [4.69, 9.17) is 23.2 Å². The first-order chi connectivity index (χ1) is 7.63. The van der Waals surface area contributed by atoms with E-state index in [2.05, 4.69) is 10.3 Å². The predicted octanol–water partition coefficient (Wildman–Crippen LogP) is 2.90. The van der Waals surface area contributed by atoms with E-state index in [1.165, 1.54) is 18.9 Å². The number of nitrogens with one attached hydrogen (secondary N) is 1. The minimum absolute atomic E-state index is 0.169. The normalized spacial score (nSPS) is 10.2. The fourth-order valence-corrected chi connectivity index (χ4v) is 2.41. The zero-order valence-corrected chi connectivity index (χ0v) is 11.0. The zero-order chi connectivity index (χ0) is 12.0. The van der Waals surface area contributed by atoms with Gasteiger partial charge < -0.3 is 0 Å². The van der Waals surface area contributed by atoms with Gasteiger partial charge in [0.15, 0.2) is 0 Å². The SMILES string of the molecule is CONC(=O)CSCc1ccc(Cl)cc1Cl. The van der Waals surface area contributed by atoms with Gasteiger partial charge in [-0.15, -0.1) is 11.8 Å². The molecule has 0 spiro atoms. The van der Waals surface area contributed by atoms with Crippen molar-refractivity contribution in [2.45, 2.75) is 5.75 Å². The number of benzene rings is 1. The molecule has 1 N–H and O–H groups in total. The average Bonchev–Trinajstić information content (AvgIpc) is 2.22. The van der Waals surface area contributed by atoms with Crippen LogP contribution in [-0.4, -0.2) is 18.8 Å². The van der Waals surface area contributed by atoms with Crippen LogP contribution in [0.3, 0.4) is 0 Å². The number of thioether (sulfide) groups is 1. The fourth-order valence-electron chi connectivity index (χ4n) is 1.04. The molecule has 0 aliphatic carbocycles. The lowest BCUT2D eigenvalue weighted by Crippen LogP contribution is -2.23. The van der Waals surface area contributed by atoms with Crippen molar-refractivity contribution in [3.8, 4) is 0 Å². The Kier molecular flexibility index (Phi) is 5.98. The van der Waals surface area contributed by atoms with Crippen molar-refractivity contribution in [3.63, 3.8) is 0 Å². The Morgan fingerprint density at radius 2 is 2.25 bits per heavy atom. The van der Waals surface area contributed by atoms with Gasteiger partial charge in [0.25, 0.3) is 5.91 Å². The highest BCUT2D eigenvalue weighted by atomic mass is 35.5. The monoisotopic (exact) mass is 279 g/mol. The highest BCUT2D eigenvalue weighted by Crippen LogP contribution is 2.24. The van der Waals surface area contributed by atoms with Crippen molar-refractivity contribution in [1.82, 2.24) is 5.48 Å². The number of hydrogen-bond donors (Lipinski definition) is 1. The minimum Gasteiger partial charge on any atom is -0.277 e. The fraction of sp³-hybridized carbons (Fsp3) is 0.300. The molecular formula is C10H11Cl2NO2S. The summed E-state index contributed by atoms with van der Waals surface area (Å²) < 4.78 is 0. The van der Waals surface area contributed by atoms with E-state index in [0.29, 0.717) is 21.6 Å². The molecule has 0 fully saturated rings. The smallest absolute Gasteiger partial charge is 0.253 e. The number of halogens is 2. The van der Waals surface area contributed by atoms with Gasteiger partial charge >= 0.3 is 0 Å². The summed E-state index contributed by atoms with van der Waals surface area (Å²) in [7, 11) is 1.40. The second-order valence-corrected chi connectivity index (χ2v) is 4.79. The van der Waals surface area contributed by atoms with Gasteiger partial charge in [-0.3, -0.25) is 9.63 Å². The number of hydroxylamine groups is 1. The highest BCUT2D eigenvalue weighted by molar-refractivity contribution is 7.99. The summed E-state index contributed by atoms with van der Waals surface area (Å²) in [4.78, 5) is 15.6. The van der Waals surface area contributed by atoms with Crippen LogP contribution in [0.4, 0.5) is 0 Å². The van der Waals surface area contributed by atoms with Crippen molar-refractivity contribution in [1.29, 1.82) is 0 Å². The van der Waals surface area contributed by atoms with Crippen LogP contribution in [0.15, 0.2) is 18.2 Å². The molecule has 1 aromatic rings. The Labute approximate surface area is 108 Å². The molecule has 0 unspecified atom stereocenters. The van der Waals surface area contributed by atoms with Crippen LogP contribution >= 0.6 is 35.0 Å². The highest BCUT2D eigenvalue weighted by Gasteiger charge is 2.04. The van der Waals surface area contributed by atoms with Gasteiger partial charge in [-0.25, -0.2) is 5.48 Å². The standard InChI is InChI=1S/C10H11Cl2NO2S/c1-15-13-10(14)6-16-5-7-2-3-8(11)4-9(7)12/h2-4H,5-6H2,1H3,(H,13,14). The molecule has 0 saturated heterocycles. The lowest BCUT2D eigenvalue weighted by Gasteiger charge is -2.04. The Morgan fingerprint density at radius 1 is 1.50 bits per heavy atom. The molecular weight excluding hydrogens is 269 g/mol. The molecule has 0 aliphatic rings. The third kappa shape index (κ3) is 4.61. The van der Waals surface area contributed by atoms with Crippen LogP contribution in [0.25, 0.3) is 0 Å². The van der Waals surface area contributed by atoms with Crippen LogP contribution in [0.1, 0.15) is 5.56 Å². The Hall–Kier alpha value is -0.420. The molecule has 0 heterocycles. The summed E-state index contributed by atoms with van der Waals surface area (Å²) in [5, 5.41) is 1.23. The van der Waals surface area contributed by atoms with Crippen LogP contribution in [0.2, 0.25) is 10.0 Å². The van der Waals surface area contributed by atoms with Crippen molar-refractivity contribution in [2.24, 2.45) is 0 Å². The first-order valence-corrected chi connectivity index (χ1v) is 6.38. The quantitative estimate of drug-likeness (QED) is 0.843. The molecule has 6 heteroatoms. The van der Waals surface area contributed by atoms with Gasteiger partial charge in [-0.1, -0.05) is 29.3 Å². The molecule has 0 aliphatic heterocycles. The van der Waals surface area contributed by atoms with E-state index in [1.807, 2.05) is 6.07 Å². The molecule has 0 radical (unpaired) electrons. The van der Waals surface area contributed by atoms with Crippen LogP contribution in [0.5, 0.6) is 0 Å². The van der Waals surface area contributed by atoms with Crippen molar-refractivity contribution >= 4 is 40.9 Å². The Balaban J connectivity index is 2.40. The van der Waals surface area contributed by atoms with Gasteiger partial charge in [0.05, 0.1) is 12.9 Å². The first kappa shape index (κ1) is 13.6. The average molecular weight is 280 g/mol. The van der Waals surface area contributed by atoms with Gasteiger partial charge in [-0.2, -0.15) is 0 Å². The van der Waals surface area contributed by atoms with E-state index >= 15 is 0 Å². The lowest BCUT2D eigenvalue weighted by molar-refractivity contribution is -0.128. The van der Waals surface area contributed by atoms with Crippen LogP contribution in [-0.2, 0) is 15.4 Å². The molecule has 0 saturated carbocycles. The van der Waals surface area contributed by atoms with Gasteiger partial charge in [0.2, 0.25) is 0 Å². The van der Waals surface area contributed by atoms with Crippen molar-refractivity contribution < 1.29 is 9.63 Å². The third-order valence-corrected chi connectivity index (χ3v) is 3.29. The maximum Gasteiger partial charge on any atom is 0.253 e. The lowest BCUT2D eigenvalue weighted by atomic mass is 10.2. The molecule has 1 rings (SSSR count). The number of rotatable bonds is 5. The van der Waals surface area contributed by atoms with E-state index < -0.39 is 0 Å². The molecule has 0 bridgehead atoms. The number of amides is 1. The van der Waals surface area contributed by atoms with Crippen molar-refractivity contribution in [3.05, 3.63) is 33.8 Å². The maximum atomic E-state index is 11.1. The van der Waals surface area contributed by atoms with Gasteiger partial charge in [0, 0.05) is 15.8 Å². The van der Waals surface area contributed by atoms with E-state index in [1.54, 1.807) is 12.1 Å². The Bertz CT molecular complexity index is 374. The molecule has 88 valence electrons. The summed E-state index contributed by atoms with van der Waals surface area (Å²) in [6.45, 7) is 0. The third-order valence-electron chi connectivity index (χ3n) is 1.72. The summed E-state index contributed by atoms with van der Waals surface area (Å²) in [6, 6.07) is 5.32. The van der Waals surface area contributed by atoms with Crippen molar-refractivity contribution in [2.75, 3.05) is 12.9 Å². The molecule has 1 amide bonds. The van der Waals surface area contributed by atoms with Gasteiger partial charge in [0.1, 0.15) is 0 Å². The molecule has 0 atom stereocenters. The minimum atomic E-state index is -0.169. The van der Waals surface area contributed by atoms with Crippen LogP contribution < -0.4 is 5.48 Å².